The molecule has 7 rings (SSSR count). The number of nitrogens with one attached hydrogen (secondary N) is 2. The quantitative estimate of drug-likeness (QED) is 0.325. The van der Waals surface area contributed by atoms with Gasteiger partial charge in [0, 0.05) is 68.3 Å². The topological polar surface area (TPSA) is 117 Å². The van der Waals surface area contributed by atoms with Gasteiger partial charge in [-0.25, -0.2) is 13.1 Å². The molecule has 2 aromatic rings. The molecule has 1 amide bonds. The zero-order valence-electron chi connectivity index (χ0n) is 30.3. The highest BCUT2D eigenvalue weighted by Crippen LogP contribution is 2.48. The van der Waals surface area contributed by atoms with Crippen LogP contribution in [0.1, 0.15) is 67.4 Å². The van der Waals surface area contributed by atoms with E-state index in [9.17, 15) is 18.0 Å². The Labute approximate surface area is 308 Å². The summed E-state index contributed by atoms with van der Waals surface area (Å²) in [6.45, 7) is 9.92. The van der Waals surface area contributed by atoms with Gasteiger partial charge in [-0.2, -0.15) is 0 Å². The molecule has 12 heteroatoms. The van der Waals surface area contributed by atoms with Crippen LogP contribution in [0, 0.1) is 17.8 Å². The summed E-state index contributed by atoms with van der Waals surface area (Å²) in [6, 6.07) is 11.3. The number of benzene rings is 2. The van der Waals surface area contributed by atoms with E-state index >= 15 is 0 Å². The molecule has 3 aliphatic heterocycles. The molecule has 2 N–H and O–H groups in total. The first-order chi connectivity index (χ1) is 24.4. The Bertz CT molecular complexity index is 1730. The summed E-state index contributed by atoms with van der Waals surface area (Å²) >= 11 is 6.40. The highest BCUT2D eigenvalue weighted by molar-refractivity contribution is 7.90. The van der Waals surface area contributed by atoms with E-state index < -0.39 is 26.8 Å². The maximum Gasteiger partial charge on any atom is 0.264 e. The fraction of sp³-hybridized carbons (Fsp3) is 0.590. The number of amides is 1. The third-order valence-corrected chi connectivity index (χ3v) is 14.2. The van der Waals surface area contributed by atoms with Gasteiger partial charge < -0.3 is 24.6 Å². The molecule has 2 fully saturated rings. The molecule has 2 aliphatic carbocycles. The number of rotatable bonds is 2. The van der Waals surface area contributed by atoms with E-state index in [2.05, 4.69) is 39.0 Å². The maximum atomic E-state index is 13.4. The maximum absolute atomic E-state index is 13.4. The van der Waals surface area contributed by atoms with Gasteiger partial charge in [0.05, 0.1) is 17.5 Å². The minimum Gasteiger partial charge on any atom is -0.490 e. The first-order valence-electron chi connectivity index (χ1n) is 18.4. The van der Waals surface area contributed by atoms with Crippen LogP contribution >= 0.6 is 11.6 Å². The normalized spacial score (nSPS) is 32.7. The molecule has 2 aromatic carbocycles. The van der Waals surface area contributed by atoms with Crippen LogP contribution in [0.2, 0.25) is 5.02 Å². The molecule has 3 heterocycles. The third kappa shape index (κ3) is 7.88. The van der Waals surface area contributed by atoms with Crippen molar-refractivity contribution in [2.75, 3.05) is 64.9 Å². The van der Waals surface area contributed by atoms with Crippen LogP contribution in [0.15, 0.2) is 48.6 Å². The van der Waals surface area contributed by atoms with Gasteiger partial charge >= 0.3 is 0 Å². The van der Waals surface area contributed by atoms with Gasteiger partial charge in [-0.3, -0.25) is 9.59 Å². The minimum atomic E-state index is -3.97. The van der Waals surface area contributed by atoms with Crippen molar-refractivity contribution in [3.05, 3.63) is 70.3 Å². The van der Waals surface area contributed by atoms with Crippen LogP contribution in [0.4, 0.5) is 5.69 Å². The Morgan fingerprint density at radius 2 is 1.88 bits per heavy atom. The predicted molar refractivity (Wildman–Crippen MR) is 201 cm³/mol. The van der Waals surface area contributed by atoms with Crippen molar-refractivity contribution in [2.24, 2.45) is 17.8 Å². The number of aryl methyl sites for hydroxylation is 1. The molecule has 6 atom stereocenters. The lowest BCUT2D eigenvalue weighted by molar-refractivity contribution is -0.135. The van der Waals surface area contributed by atoms with Crippen LogP contribution in [0.25, 0.3) is 0 Å². The summed E-state index contributed by atoms with van der Waals surface area (Å²) in [5.41, 5.74) is 2.05. The molecule has 10 nitrogen and oxygen atoms in total. The van der Waals surface area contributed by atoms with Crippen LogP contribution in [-0.4, -0.2) is 96.4 Å². The Hall–Kier alpha value is -2.96. The number of allylic oxidation sites excluding steroid dienone is 1. The number of carbonyl (C=O) groups is 2. The fourth-order valence-electron chi connectivity index (χ4n) is 8.46. The number of methoxy groups -OCH3 is 1. The smallest absolute Gasteiger partial charge is 0.264 e. The van der Waals surface area contributed by atoms with E-state index in [1.54, 1.807) is 32.2 Å². The molecule has 2 bridgehead atoms. The Balaban J connectivity index is 0.000000573. The number of sulfonamides is 1. The summed E-state index contributed by atoms with van der Waals surface area (Å²) in [6.07, 6.45) is 9.65. The molecule has 1 saturated heterocycles. The zero-order chi connectivity index (χ0) is 36.4. The van der Waals surface area contributed by atoms with Gasteiger partial charge in [-0.1, -0.05) is 30.7 Å². The monoisotopic (exact) mass is 740 g/mol. The lowest BCUT2D eigenvalue weighted by Crippen LogP contribution is -2.53. The van der Waals surface area contributed by atoms with Crippen molar-refractivity contribution < 1.29 is 27.5 Å². The highest BCUT2D eigenvalue weighted by atomic mass is 35.5. The van der Waals surface area contributed by atoms with Crippen LogP contribution < -0.4 is 19.7 Å². The summed E-state index contributed by atoms with van der Waals surface area (Å²) in [4.78, 5) is 30.7. The van der Waals surface area contributed by atoms with Gasteiger partial charge in [-0.05, 0) is 112 Å². The van der Waals surface area contributed by atoms with Crippen molar-refractivity contribution in [3.63, 3.8) is 0 Å². The lowest BCUT2D eigenvalue weighted by Gasteiger charge is -2.48. The second-order valence-electron chi connectivity index (χ2n) is 15.3. The second-order valence-corrected chi connectivity index (χ2v) is 17.7. The van der Waals surface area contributed by atoms with Crippen molar-refractivity contribution >= 4 is 39.5 Å². The number of hydrogen-bond donors (Lipinski definition) is 2. The first kappa shape index (κ1) is 37.8. The SMILES string of the molecule is CN1CCNCC1.CO[C@@]1(C=O)/C=C/C[C@H](C)[C@@H](C)S(=O)(=O)NC(=O)c2ccc3c(c2)N(C[C@@H]2CC[C@H]21)C[C@@]1(CCCc2cc(Cl)ccc21)CO3. The summed E-state index contributed by atoms with van der Waals surface area (Å²) in [5, 5.41) is 3.15. The summed E-state index contributed by atoms with van der Waals surface area (Å²) < 4.78 is 41.3. The average molecular weight is 741 g/mol. The average Bonchev–Trinajstić information content (AvgIpc) is 3.25. The van der Waals surface area contributed by atoms with E-state index in [0.29, 0.717) is 36.9 Å². The number of ether oxygens (including phenoxy) is 2. The third-order valence-electron chi connectivity index (χ3n) is 12.0. The van der Waals surface area contributed by atoms with Crippen molar-refractivity contribution in [2.45, 2.75) is 68.6 Å². The van der Waals surface area contributed by atoms with E-state index in [1.165, 1.54) is 24.2 Å². The molecular weight excluding hydrogens is 688 g/mol. The van der Waals surface area contributed by atoms with E-state index in [0.717, 1.165) is 57.2 Å². The van der Waals surface area contributed by atoms with Gasteiger partial charge in [0.1, 0.15) is 11.4 Å². The second kappa shape index (κ2) is 15.6. The number of carbonyl (C=O) groups excluding carboxylic acids is 2. The van der Waals surface area contributed by atoms with Gasteiger partial charge in [0.25, 0.3) is 5.91 Å². The number of hydrogen-bond acceptors (Lipinski definition) is 9. The summed E-state index contributed by atoms with van der Waals surface area (Å²) in [7, 11) is -0.253. The van der Waals surface area contributed by atoms with Gasteiger partial charge in [-0.15, -0.1) is 0 Å². The fourth-order valence-corrected chi connectivity index (χ4v) is 9.94. The van der Waals surface area contributed by atoms with Crippen LogP contribution in [-0.2, 0) is 31.4 Å². The number of fused-ring (bicyclic) bond motifs is 4. The molecule has 0 unspecified atom stereocenters. The highest BCUT2D eigenvalue weighted by Gasteiger charge is 2.49. The number of halogens is 1. The number of anilines is 1. The molecule has 1 saturated carbocycles. The number of likely N-dealkylation sites (N-methyl/N-ethyl adjacent to an activating group) is 1. The minimum absolute atomic E-state index is 0.0434. The molecule has 0 aromatic heterocycles. The van der Waals surface area contributed by atoms with Crippen molar-refractivity contribution in [1.29, 1.82) is 0 Å². The summed E-state index contributed by atoms with van der Waals surface area (Å²) in [5.74, 6) is -0.203. The number of piperazine rings is 1. The number of nitrogens with zero attached hydrogens (tertiary/aromatic N) is 2. The molecule has 1 spiro atoms. The molecule has 278 valence electrons. The first-order valence-corrected chi connectivity index (χ1v) is 20.3. The Morgan fingerprint density at radius 3 is 2.55 bits per heavy atom. The van der Waals surface area contributed by atoms with Gasteiger partial charge in [0.15, 0.2) is 6.29 Å². The molecular formula is C39H53ClN4O6S. The predicted octanol–water partition coefficient (Wildman–Crippen LogP) is 4.99. The van der Waals surface area contributed by atoms with Crippen LogP contribution in [0.3, 0.4) is 0 Å². The lowest BCUT2D eigenvalue weighted by atomic mass is 9.64. The van der Waals surface area contributed by atoms with E-state index in [-0.39, 0.29) is 28.7 Å². The number of aldehydes is 1. The van der Waals surface area contributed by atoms with Crippen LogP contribution in [0.5, 0.6) is 5.75 Å². The molecule has 51 heavy (non-hydrogen) atoms. The molecule has 5 aliphatic rings. The molecule has 0 radical (unpaired) electrons. The Kier molecular flexibility index (Phi) is 11.5. The van der Waals surface area contributed by atoms with E-state index in [4.69, 9.17) is 21.1 Å². The Morgan fingerprint density at radius 1 is 1.10 bits per heavy atom. The van der Waals surface area contributed by atoms with Crippen molar-refractivity contribution in [1.82, 2.24) is 14.9 Å². The van der Waals surface area contributed by atoms with Crippen molar-refractivity contribution in [3.8, 4) is 5.75 Å². The zero-order valence-corrected chi connectivity index (χ0v) is 31.9. The van der Waals surface area contributed by atoms with Gasteiger partial charge in [0.2, 0.25) is 10.0 Å². The van der Waals surface area contributed by atoms with E-state index in [1.807, 2.05) is 25.1 Å². The largest absolute Gasteiger partial charge is 0.490 e. The standard InChI is InChI=1S/C34H41ClN2O6S.C5H12N2/c1-22-6-4-15-34(20-38,42-3)29-11-8-26(29)18-37-19-33(14-5-7-24-16-27(35)10-12-28(24)33)21-43-31-13-9-25(17-30(31)37)32(39)36-44(40,41)23(22)2;1-7-4-2-6-3-5-7/h4,9-10,12-13,15-17,20,22-23,26,29H,5-8,11,14,18-19,21H2,1-3H3,(H,36,39);6H,2-5H2,1H3/b15-4+;/t22-,23+,26-,29+,33-,34+;/m0./s1.